The Hall–Kier alpha value is -2.49. The van der Waals surface area contributed by atoms with Gasteiger partial charge in [-0.15, -0.1) is 0 Å². The fraction of sp³-hybridized carbons (Fsp3) is 0.368. The van der Waals surface area contributed by atoms with E-state index in [2.05, 4.69) is 5.32 Å². The Morgan fingerprint density at radius 2 is 1.89 bits per heavy atom. The van der Waals surface area contributed by atoms with Gasteiger partial charge in [-0.2, -0.15) is 4.31 Å². The molecule has 0 radical (unpaired) electrons. The smallest absolute Gasteiger partial charge is 0.294 e. The van der Waals surface area contributed by atoms with Crippen LogP contribution >= 0.6 is 0 Å². The van der Waals surface area contributed by atoms with Crippen LogP contribution in [0.3, 0.4) is 0 Å². The summed E-state index contributed by atoms with van der Waals surface area (Å²) in [5.41, 5.74) is 1.83. The lowest BCUT2D eigenvalue weighted by molar-refractivity contribution is -0.883. The van der Waals surface area contributed by atoms with Crippen LogP contribution in [0.25, 0.3) is 0 Å². The minimum atomic E-state index is -3.75. The molecule has 0 spiro atoms. The second-order valence-electron chi connectivity index (χ2n) is 6.98. The highest BCUT2D eigenvalue weighted by Gasteiger charge is 2.31. The predicted molar refractivity (Wildman–Crippen MR) is 108 cm³/mol. The molecule has 150 valence electrons. The van der Waals surface area contributed by atoms with Crippen LogP contribution in [-0.2, 0) is 16.4 Å². The number of nitro groups is 1. The average Bonchev–Trinajstić information content (AvgIpc) is 2.68. The second kappa shape index (κ2) is 8.26. The van der Waals surface area contributed by atoms with Gasteiger partial charge in [0, 0.05) is 11.8 Å². The summed E-state index contributed by atoms with van der Waals surface area (Å²) in [6, 6.07) is 11.6. The molecular formula is C19H25N4O4S+. The number of hydrogen-bond acceptors (Lipinski definition) is 5. The van der Waals surface area contributed by atoms with E-state index in [1.165, 1.54) is 21.3 Å². The molecule has 3 rings (SSSR count). The molecular weight excluding hydrogens is 380 g/mol. The van der Waals surface area contributed by atoms with Crippen molar-refractivity contribution in [3.63, 3.8) is 0 Å². The zero-order valence-electron chi connectivity index (χ0n) is 16.0. The van der Waals surface area contributed by atoms with Crippen molar-refractivity contribution in [2.24, 2.45) is 0 Å². The summed E-state index contributed by atoms with van der Waals surface area (Å²) in [7, 11) is -1.74. The molecule has 0 bridgehead atoms. The highest BCUT2D eigenvalue weighted by atomic mass is 32.2. The number of aryl methyl sites for hydroxylation is 1. The minimum absolute atomic E-state index is 0.0494. The van der Waals surface area contributed by atoms with Crippen molar-refractivity contribution < 1.29 is 18.2 Å². The van der Waals surface area contributed by atoms with E-state index < -0.39 is 14.9 Å². The first-order valence-corrected chi connectivity index (χ1v) is 10.7. The van der Waals surface area contributed by atoms with Crippen LogP contribution < -0.4 is 10.2 Å². The van der Waals surface area contributed by atoms with E-state index in [4.69, 9.17) is 0 Å². The van der Waals surface area contributed by atoms with Crippen molar-refractivity contribution in [1.29, 1.82) is 0 Å². The van der Waals surface area contributed by atoms with Crippen molar-refractivity contribution in [1.82, 2.24) is 4.31 Å². The summed E-state index contributed by atoms with van der Waals surface area (Å²) in [4.78, 5) is 12.3. The molecule has 0 saturated carbocycles. The topological polar surface area (TPSA) is 97.0 Å². The molecule has 0 aromatic heterocycles. The van der Waals surface area contributed by atoms with Crippen LogP contribution in [0.5, 0.6) is 0 Å². The Kier molecular flexibility index (Phi) is 5.97. The number of quaternary nitrogens is 1. The molecule has 28 heavy (non-hydrogen) atoms. The highest BCUT2D eigenvalue weighted by Crippen LogP contribution is 2.31. The van der Waals surface area contributed by atoms with Gasteiger partial charge in [0.15, 0.2) is 0 Å². The number of anilines is 2. The summed E-state index contributed by atoms with van der Waals surface area (Å²) >= 11 is 0. The zero-order chi connectivity index (χ0) is 20.3. The number of benzene rings is 2. The molecule has 1 saturated heterocycles. The quantitative estimate of drug-likeness (QED) is 0.560. The molecule has 1 aliphatic rings. The monoisotopic (exact) mass is 405 g/mol. The number of nitrogens with one attached hydrogen (secondary N) is 2. The molecule has 2 N–H and O–H groups in total. The zero-order valence-corrected chi connectivity index (χ0v) is 16.8. The largest absolute Gasteiger partial charge is 0.350 e. The van der Waals surface area contributed by atoms with Crippen molar-refractivity contribution in [3.8, 4) is 0 Å². The molecule has 0 unspecified atom stereocenters. The number of rotatable bonds is 6. The van der Waals surface area contributed by atoms with Crippen LogP contribution in [0.4, 0.5) is 17.1 Å². The van der Waals surface area contributed by atoms with Crippen molar-refractivity contribution in [2.75, 3.05) is 38.5 Å². The normalized spacial score (nSPS) is 16.1. The predicted octanol–water partition coefficient (Wildman–Crippen LogP) is 1.42. The fourth-order valence-electron chi connectivity index (χ4n) is 3.21. The fourth-order valence-corrected chi connectivity index (χ4v) is 4.67. The Morgan fingerprint density at radius 3 is 2.54 bits per heavy atom. The van der Waals surface area contributed by atoms with Gasteiger partial charge in [-0.1, -0.05) is 19.1 Å². The van der Waals surface area contributed by atoms with Crippen molar-refractivity contribution in [2.45, 2.75) is 18.2 Å². The van der Waals surface area contributed by atoms with Crippen LogP contribution in [0.1, 0.15) is 12.5 Å². The number of sulfonamides is 1. The van der Waals surface area contributed by atoms with E-state index in [0.29, 0.717) is 26.2 Å². The number of nitro benzene ring substituents is 1. The van der Waals surface area contributed by atoms with Crippen LogP contribution in [0.15, 0.2) is 47.4 Å². The Morgan fingerprint density at radius 1 is 1.18 bits per heavy atom. The Balaban J connectivity index is 1.91. The van der Waals surface area contributed by atoms with Gasteiger partial charge >= 0.3 is 0 Å². The average molecular weight is 406 g/mol. The minimum Gasteiger partial charge on any atom is -0.350 e. The number of piperazine rings is 1. The molecule has 0 aliphatic carbocycles. The molecule has 0 atom stereocenters. The number of likely N-dealkylation sites (N-methyl/N-ethyl adjacent to an activating group) is 1. The van der Waals surface area contributed by atoms with Crippen molar-refractivity contribution in [3.05, 3.63) is 58.1 Å². The van der Waals surface area contributed by atoms with Gasteiger partial charge in [0.2, 0.25) is 10.0 Å². The Bertz CT molecular complexity index is 970. The molecule has 2 aromatic carbocycles. The second-order valence-corrected chi connectivity index (χ2v) is 8.91. The molecule has 8 nitrogen and oxygen atoms in total. The van der Waals surface area contributed by atoms with E-state index in [0.717, 1.165) is 23.7 Å². The van der Waals surface area contributed by atoms with E-state index in [9.17, 15) is 18.5 Å². The molecule has 9 heteroatoms. The summed E-state index contributed by atoms with van der Waals surface area (Å²) in [5, 5.41) is 14.6. The maximum Gasteiger partial charge on any atom is 0.294 e. The third-order valence-corrected chi connectivity index (χ3v) is 6.89. The summed E-state index contributed by atoms with van der Waals surface area (Å²) in [6.45, 7) is 4.28. The van der Waals surface area contributed by atoms with E-state index in [-0.39, 0.29) is 16.3 Å². The number of hydrogen-bond donors (Lipinski definition) is 2. The van der Waals surface area contributed by atoms with E-state index in [1.54, 1.807) is 0 Å². The molecule has 2 aromatic rings. The Labute approximate surface area is 165 Å². The van der Waals surface area contributed by atoms with Gasteiger partial charge in [0.25, 0.3) is 5.69 Å². The summed E-state index contributed by atoms with van der Waals surface area (Å²) in [6.07, 6.45) is 0.849. The lowest BCUT2D eigenvalue weighted by Gasteiger charge is -2.29. The lowest BCUT2D eigenvalue weighted by Crippen LogP contribution is -3.12. The number of nitrogens with zero attached hydrogens (tertiary/aromatic N) is 2. The van der Waals surface area contributed by atoms with E-state index >= 15 is 0 Å². The molecule has 1 fully saturated rings. The first-order valence-electron chi connectivity index (χ1n) is 9.27. The van der Waals surface area contributed by atoms with Gasteiger partial charge in [-0.05, 0) is 36.2 Å². The molecule has 1 heterocycles. The first kappa shape index (κ1) is 20.2. The molecule has 0 amide bonds. The maximum atomic E-state index is 12.9. The van der Waals surface area contributed by atoms with Crippen molar-refractivity contribution >= 4 is 27.1 Å². The van der Waals surface area contributed by atoms with Crippen LogP contribution in [0, 0.1) is 10.1 Å². The molecule has 1 aliphatic heterocycles. The maximum absolute atomic E-state index is 12.9. The van der Waals surface area contributed by atoms with Crippen LogP contribution in [-0.4, -0.2) is 50.9 Å². The standard InChI is InChI=1S/C19H24N4O4S/c1-3-15-5-4-6-16(13-15)20-18-8-7-17(14-19(18)23(24)25)28(26,27)22-11-9-21(2)10-12-22/h4-8,13-14,20H,3,9-12H2,1-2H3/p+1. The van der Waals surface area contributed by atoms with Gasteiger partial charge in [0.05, 0.1) is 43.0 Å². The van der Waals surface area contributed by atoms with Gasteiger partial charge in [-0.25, -0.2) is 8.42 Å². The van der Waals surface area contributed by atoms with Gasteiger partial charge < -0.3 is 10.2 Å². The van der Waals surface area contributed by atoms with Gasteiger partial charge in [0.1, 0.15) is 5.69 Å². The third-order valence-electron chi connectivity index (χ3n) is 4.99. The van der Waals surface area contributed by atoms with Gasteiger partial charge in [-0.3, -0.25) is 10.1 Å². The summed E-state index contributed by atoms with van der Waals surface area (Å²) < 4.78 is 27.2. The lowest BCUT2D eigenvalue weighted by atomic mass is 10.1. The van der Waals surface area contributed by atoms with E-state index in [1.807, 2.05) is 38.2 Å². The SMILES string of the molecule is CCc1cccc(Nc2ccc(S(=O)(=O)N3CC[NH+](C)CC3)cc2[N+](=O)[O-])c1. The summed E-state index contributed by atoms with van der Waals surface area (Å²) in [5.74, 6) is 0. The van der Waals surface area contributed by atoms with Crippen LogP contribution in [0.2, 0.25) is 0 Å². The first-order chi connectivity index (χ1) is 13.3. The highest BCUT2D eigenvalue weighted by molar-refractivity contribution is 7.89. The third kappa shape index (κ3) is 4.32.